The molecule has 136 valence electrons. The van der Waals surface area contributed by atoms with Gasteiger partial charge < -0.3 is 4.90 Å². The minimum atomic E-state index is -0.286. The van der Waals surface area contributed by atoms with Crippen LogP contribution in [0.15, 0.2) is 67.1 Å². The first-order valence-corrected chi connectivity index (χ1v) is 9.12. The van der Waals surface area contributed by atoms with Crippen molar-refractivity contribution in [2.75, 3.05) is 13.1 Å². The van der Waals surface area contributed by atoms with Crippen molar-refractivity contribution in [3.8, 4) is 11.1 Å². The molecule has 5 heteroatoms. The highest BCUT2D eigenvalue weighted by atomic mass is 19.1. The SMILES string of the molecule is O=C(c1ccccc1-c1ccc(F)cc1)N1CCC[C@H](c2ccncn2)C1. The van der Waals surface area contributed by atoms with E-state index in [0.717, 1.165) is 36.2 Å². The number of likely N-dealkylation sites (tertiary alicyclic amines) is 1. The van der Waals surface area contributed by atoms with Crippen molar-refractivity contribution in [2.45, 2.75) is 18.8 Å². The second kappa shape index (κ2) is 7.66. The Bertz CT molecular complexity index is 928. The molecule has 27 heavy (non-hydrogen) atoms. The smallest absolute Gasteiger partial charge is 0.254 e. The molecule has 1 aromatic heterocycles. The van der Waals surface area contributed by atoms with E-state index >= 15 is 0 Å². The van der Waals surface area contributed by atoms with Crippen LogP contribution in [-0.4, -0.2) is 33.9 Å². The van der Waals surface area contributed by atoms with Gasteiger partial charge in [0, 0.05) is 36.5 Å². The Hall–Kier alpha value is -3.08. The van der Waals surface area contributed by atoms with E-state index in [4.69, 9.17) is 0 Å². The molecule has 0 unspecified atom stereocenters. The Kier molecular flexibility index (Phi) is 4.92. The van der Waals surface area contributed by atoms with Crippen molar-refractivity contribution >= 4 is 5.91 Å². The molecule has 1 aliphatic heterocycles. The molecule has 1 aliphatic rings. The molecule has 4 rings (SSSR count). The molecular formula is C22H20FN3O. The lowest BCUT2D eigenvalue weighted by atomic mass is 9.93. The molecule has 0 bridgehead atoms. The predicted octanol–water partition coefficient (Wildman–Crippen LogP) is 4.30. The number of piperidine rings is 1. The van der Waals surface area contributed by atoms with Crippen molar-refractivity contribution in [3.05, 3.63) is 84.2 Å². The minimum absolute atomic E-state index is 0.00804. The first-order chi connectivity index (χ1) is 13.2. The van der Waals surface area contributed by atoms with Crippen LogP contribution in [0.5, 0.6) is 0 Å². The van der Waals surface area contributed by atoms with Crippen LogP contribution >= 0.6 is 0 Å². The van der Waals surface area contributed by atoms with Crippen LogP contribution in [0.25, 0.3) is 11.1 Å². The fraction of sp³-hybridized carbons (Fsp3) is 0.227. The normalized spacial score (nSPS) is 16.9. The van der Waals surface area contributed by atoms with E-state index in [0.29, 0.717) is 12.1 Å². The van der Waals surface area contributed by atoms with E-state index in [9.17, 15) is 9.18 Å². The second-order valence-electron chi connectivity index (χ2n) is 6.78. The molecule has 3 aromatic rings. The van der Waals surface area contributed by atoms with Crippen LogP contribution in [0.1, 0.15) is 34.8 Å². The summed E-state index contributed by atoms with van der Waals surface area (Å²) in [7, 11) is 0. The van der Waals surface area contributed by atoms with Gasteiger partial charge in [-0.2, -0.15) is 0 Å². The predicted molar refractivity (Wildman–Crippen MR) is 102 cm³/mol. The van der Waals surface area contributed by atoms with Crippen molar-refractivity contribution in [1.29, 1.82) is 0 Å². The van der Waals surface area contributed by atoms with Crippen molar-refractivity contribution < 1.29 is 9.18 Å². The number of hydrogen-bond acceptors (Lipinski definition) is 3. The maximum absolute atomic E-state index is 13.3. The minimum Gasteiger partial charge on any atom is -0.338 e. The summed E-state index contributed by atoms with van der Waals surface area (Å²) in [5.41, 5.74) is 3.29. The summed E-state index contributed by atoms with van der Waals surface area (Å²) >= 11 is 0. The van der Waals surface area contributed by atoms with Crippen LogP contribution in [0.3, 0.4) is 0 Å². The third kappa shape index (κ3) is 3.72. The molecule has 0 radical (unpaired) electrons. The third-order valence-corrected chi connectivity index (χ3v) is 5.04. The van der Waals surface area contributed by atoms with Gasteiger partial charge in [-0.25, -0.2) is 14.4 Å². The average Bonchev–Trinajstić information content (AvgIpc) is 2.74. The molecule has 1 atom stereocenters. The Balaban J connectivity index is 1.60. The van der Waals surface area contributed by atoms with Crippen molar-refractivity contribution in [3.63, 3.8) is 0 Å². The molecule has 0 aliphatic carbocycles. The summed E-state index contributed by atoms with van der Waals surface area (Å²) in [6, 6.07) is 15.7. The Morgan fingerprint density at radius 3 is 2.67 bits per heavy atom. The fourth-order valence-electron chi connectivity index (χ4n) is 3.67. The van der Waals surface area contributed by atoms with E-state index < -0.39 is 0 Å². The zero-order chi connectivity index (χ0) is 18.6. The number of hydrogen-bond donors (Lipinski definition) is 0. The standard InChI is InChI=1S/C22H20FN3O/c23-18-9-7-16(8-10-18)19-5-1-2-6-20(19)22(27)26-13-3-4-17(14-26)21-11-12-24-15-25-21/h1-2,5-12,15,17H,3-4,13-14H2/t17-/m0/s1. The highest BCUT2D eigenvalue weighted by Gasteiger charge is 2.27. The molecule has 1 amide bonds. The van der Waals surface area contributed by atoms with Gasteiger partial charge in [0.05, 0.1) is 0 Å². The van der Waals surface area contributed by atoms with Gasteiger partial charge in [-0.15, -0.1) is 0 Å². The van der Waals surface area contributed by atoms with E-state index in [2.05, 4.69) is 9.97 Å². The molecule has 1 saturated heterocycles. The first kappa shape index (κ1) is 17.3. The molecule has 1 fully saturated rings. The van der Waals surface area contributed by atoms with Gasteiger partial charge in [0.1, 0.15) is 12.1 Å². The quantitative estimate of drug-likeness (QED) is 0.699. The first-order valence-electron chi connectivity index (χ1n) is 9.12. The van der Waals surface area contributed by atoms with Gasteiger partial charge >= 0.3 is 0 Å². The number of aromatic nitrogens is 2. The monoisotopic (exact) mass is 361 g/mol. The lowest BCUT2D eigenvalue weighted by Gasteiger charge is -2.33. The van der Waals surface area contributed by atoms with E-state index in [1.165, 1.54) is 12.1 Å². The van der Waals surface area contributed by atoms with Crippen LogP contribution < -0.4 is 0 Å². The summed E-state index contributed by atoms with van der Waals surface area (Å²) in [4.78, 5) is 23.5. The number of amides is 1. The van der Waals surface area contributed by atoms with E-state index in [-0.39, 0.29) is 17.6 Å². The number of benzene rings is 2. The van der Waals surface area contributed by atoms with Crippen LogP contribution in [0.2, 0.25) is 0 Å². The van der Waals surface area contributed by atoms with Gasteiger partial charge in [0.2, 0.25) is 0 Å². The van der Waals surface area contributed by atoms with E-state index in [1.807, 2.05) is 35.2 Å². The maximum atomic E-state index is 13.3. The van der Waals surface area contributed by atoms with Crippen LogP contribution in [-0.2, 0) is 0 Å². The molecular weight excluding hydrogens is 341 g/mol. The number of rotatable bonds is 3. The number of halogens is 1. The Morgan fingerprint density at radius 1 is 1.07 bits per heavy atom. The summed E-state index contributed by atoms with van der Waals surface area (Å²) in [6.45, 7) is 1.38. The average molecular weight is 361 g/mol. The van der Waals surface area contributed by atoms with Crippen LogP contribution in [0.4, 0.5) is 4.39 Å². The van der Waals surface area contributed by atoms with E-state index in [1.54, 1.807) is 24.7 Å². The summed E-state index contributed by atoms with van der Waals surface area (Å²) in [5.74, 6) is -0.0522. The lowest BCUT2D eigenvalue weighted by molar-refractivity contribution is 0.0706. The molecule has 0 N–H and O–H groups in total. The number of nitrogens with zero attached hydrogens (tertiary/aromatic N) is 3. The second-order valence-corrected chi connectivity index (χ2v) is 6.78. The van der Waals surface area contributed by atoms with Crippen LogP contribution in [0, 0.1) is 5.82 Å². The maximum Gasteiger partial charge on any atom is 0.254 e. The summed E-state index contributed by atoms with van der Waals surface area (Å²) in [5, 5.41) is 0. The zero-order valence-corrected chi connectivity index (χ0v) is 14.9. The van der Waals surface area contributed by atoms with Gasteiger partial charge in [0.25, 0.3) is 5.91 Å². The van der Waals surface area contributed by atoms with Gasteiger partial charge in [0.15, 0.2) is 0 Å². The van der Waals surface area contributed by atoms with Gasteiger partial charge in [-0.1, -0.05) is 30.3 Å². The Morgan fingerprint density at radius 2 is 1.89 bits per heavy atom. The summed E-state index contributed by atoms with van der Waals surface area (Å²) in [6.07, 6.45) is 5.26. The highest BCUT2D eigenvalue weighted by Crippen LogP contribution is 2.29. The molecule has 2 heterocycles. The van der Waals surface area contributed by atoms with Crippen molar-refractivity contribution in [1.82, 2.24) is 14.9 Å². The largest absolute Gasteiger partial charge is 0.338 e. The Labute approximate surface area is 157 Å². The lowest BCUT2D eigenvalue weighted by Crippen LogP contribution is -2.39. The molecule has 0 saturated carbocycles. The molecule has 2 aromatic carbocycles. The zero-order valence-electron chi connectivity index (χ0n) is 14.9. The number of carbonyl (C=O) groups excluding carboxylic acids is 1. The fourth-order valence-corrected chi connectivity index (χ4v) is 3.67. The van der Waals surface area contributed by atoms with Crippen molar-refractivity contribution in [2.24, 2.45) is 0 Å². The molecule has 0 spiro atoms. The van der Waals surface area contributed by atoms with Gasteiger partial charge in [-0.05, 0) is 48.2 Å². The topological polar surface area (TPSA) is 46.1 Å². The number of carbonyl (C=O) groups is 1. The molecule has 4 nitrogen and oxygen atoms in total. The van der Waals surface area contributed by atoms with Gasteiger partial charge in [-0.3, -0.25) is 4.79 Å². The highest BCUT2D eigenvalue weighted by molar-refractivity contribution is 6.01. The summed E-state index contributed by atoms with van der Waals surface area (Å²) < 4.78 is 13.3. The third-order valence-electron chi connectivity index (χ3n) is 5.04.